The summed E-state index contributed by atoms with van der Waals surface area (Å²) in [6, 6.07) is 136. The fraction of sp³-hybridized carbons (Fsp3) is 0.0189. The van der Waals surface area contributed by atoms with Gasteiger partial charge >= 0.3 is 0 Å². The average molecular weight is 1450 g/mol. The van der Waals surface area contributed by atoms with E-state index in [0.29, 0.717) is 46.3 Å². The van der Waals surface area contributed by atoms with Gasteiger partial charge in [0.25, 0.3) is 0 Å². The minimum Gasteiger partial charge on any atom is -0.238 e. The highest BCUT2D eigenvalue weighted by Gasteiger charge is 2.53. The molecule has 4 aliphatic rings. The second-order valence-corrected chi connectivity index (χ2v) is 29.3. The van der Waals surface area contributed by atoms with E-state index in [1.54, 1.807) is 0 Å². The molecule has 0 saturated heterocycles. The number of rotatable bonds is 10. The van der Waals surface area contributed by atoms with E-state index < -0.39 is 10.8 Å². The first-order chi connectivity index (χ1) is 56.4. The van der Waals surface area contributed by atoms with E-state index in [9.17, 15) is 0 Å². The van der Waals surface area contributed by atoms with Crippen LogP contribution in [0.1, 0.15) is 44.5 Å². The summed E-state index contributed by atoms with van der Waals surface area (Å²) in [6.07, 6.45) is 0. The number of aromatic nitrogens is 6. The molecule has 114 heavy (non-hydrogen) atoms. The van der Waals surface area contributed by atoms with E-state index >= 15 is 0 Å². The number of fused-ring (bicyclic) bond motifs is 20. The molecule has 528 valence electrons. The quantitative estimate of drug-likeness (QED) is 0.127. The predicted molar refractivity (Wildman–Crippen MR) is 459 cm³/mol. The number of hydrogen-bond donors (Lipinski definition) is 0. The lowest BCUT2D eigenvalue weighted by Crippen LogP contribution is -2.25. The fourth-order valence-corrected chi connectivity index (χ4v) is 18.0. The van der Waals surface area contributed by atoms with Gasteiger partial charge in [-0.2, -0.15) is 0 Å². The number of hydrogen-bond acceptors (Lipinski definition) is 6. The van der Waals surface area contributed by atoms with Crippen LogP contribution in [0, 0.1) is 13.1 Å². The summed E-state index contributed by atoms with van der Waals surface area (Å²) in [4.78, 5) is 37.7. The van der Waals surface area contributed by atoms with Crippen LogP contribution in [0.4, 0.5) is 11.4 Å². The van der Waals surface area contributed by atoms with Crippen LogP contribution < -0.4 is 0 Å². The Morgan fingerprint density at radius 3 is 0.737 bits per heavy atom. The van der Waals surface area contributed by atoms with Crippen molar-refractivity contribution in [1.29, 1.82) is 0 Å². The Morgan fingerprint density at radius 2 is 0.386 bits per heavy atom. The van der Waals surface area contributed by atoms with E-state index in [0.717, 1.165) is 83.5 Å². The van der Waals surface area contributed by atoms with Gasteiger partial charge in [-0.1, -0.05) is 358 Å². The highest BCUT2D eigenvalue weighted by molar-refractivity contribution is 5.99. The van der Waals surface area contributed by atoms with Gasteiger partial charge in [-0.25, -0.2) is 39.6 Å². The topological polar surface area (TPSA) is 86.1 Å². The highest BCUT2D eigenvalue weighted by Crippen LogP contribution is 2.65. The predicted octanol–water partition coefficient (Wildman–Crippen LogP) is 26.2. The first-order valence-corrected chi connectivity index (χ1v) is 38.3. The molecule has 0 fully saturated rings. The lowest BCUT2D eigenvalue weighted by Gasteiger charge is -2.30. The molecule has 2 heterocycles. The molecule has 8 nitrogen and oxygen atoms in total. The second-order valence-electron chi connectivity index (χ2n) is 29.3. The van der Waals surface area contributed by atoms with Gasteiger partial charge in [-0.15, -0.1) is 0 Å². The first-order valence-electron chi connectivity index (χ1n) is 38.3. The van der Waals surface area contributed by atoms with Gasteiger partial charge < -0.3 is 0 Å². The van der Waals surface area contributed by atoms with Gasteiger partial charge in [0.15, 0.2) is 46.3 Å². The largest absolute Gasteiger partial charge is 0.238 e. The lowest BCUT2D eigenvalue weighted by molar-refractivity contribution is 0.794. The molecule has 8 heteroatoms. The average Bonchev–Trinajstić information content (AvgIpc) is 1.51. The Labute approximate surface area is 660 Å². The van der Waals surface area contributed by atoms with Crippen LogP contribution in [-0.4, -0.2) is 29.9 Å². The summed E-state index contributed by atoms with van der Waals surface area (Å²) in [7, 11) is 0. The third kappa shape index (κ3) is 10.9. The maximum Gasteiger partial charge on any atom is 0.187 e. The van der Waals surface area contributed by atoms with Crippen LogP contribution in [-0.2, 0) is 10.8 Å². The van der Waals surface area contributed by atoms with Gasteiger partial charge in [-0.05, 0) is 164 Å². The van der Waals surface area contributed by atoms with E-state index in [2.05, 4.69) is 313 Å². The molecular weight excluding hydrogens is 1390 g/mol. The van der Waals surface area contributed by atoms with Crippen LogP contribution in [0.25, 0.3) is 167 Å². The molecule has 4 aliphatic carbocycles. The van der Waals surface area contributed by atoms with Crippen LogP contribution in [0.3, 0.4) is 0 Å². The minimum absolute atomic E-state index is 0.483. The molecule has 22 rings (SSSR count). The summed E-state index contributed by atoms with van der Waals surface area (Å²) in [5.41, 5.74) is 34.6. The Balaban J connectivity index is 0.000000143. The van der Waals surface area contributed by atoms with E-state index in [-0.39, 0.29) is 0 Å². The summed E-state index contributed by atoms with van der Waals surface area (Å²) in [5, 5.41) is 0. The molecule has 0 aliphatic heterocycles. The van der Waals surface area contributed by atoms with E-state index in [1.165, 1.54) is 83.5 Å². The zero-order valence-corrected chi connectivity index (χ0v) is 61.5. The van der Waals surface area contributed by atoms with Crippen LogP contribution in [0.2, 0.25) is 0 Å². The Bertz CT molecular complexity index is 6880. The zero-order valence-electron chi connectivity index (χ0n) is 61.5. The molecule has 16 aromatic carbocycles. The lowest BCUT2D eigenvalue weighted by atomic mass is 9.70. The monoisotopic (exact) mass is 1450 g/mol. The number of nitrogens with zero attached hydrogens (tertiary/aromatic N) is 8. The van der Waals surface area contributed by atoms with Crippen molar-refractivity contribution in [3.05, 3.63) is 456 Å². The van der Waals surface area contributed by atoms with E-state index in [4.69, 9.17) is 43.0 Å². The minimum atomic E-state index is -0.485. The summed E-state index contributed by atoms with van der Waals surface area (Å²) in [6.45, 7) is 15.6. The smallest absolute Gasteiger partial charge is 0.187 e. The third-order valence-electron chi connectivity index (χ3n) is 23.2. The van der Waals surface area contributed by atoms with Crippen LogP contribution in [0.15, 0.2) is 388 Å². The van der Waals surface area contributed by atoms with Crippen molar-refractivity contribution < 1.29 is 0 Å². The molecule has 2 aromatic heterocycles. The molecular formula is C106H64N8. The van der Waals surface area contributed by atoms with Gasteiger partial charge in [0.2, 0.25) is 0 Å². The first kappa shape index (κ1) is 66.7. The normalized spacial score (nSPS) is 12.7. The third-order valence-corrected chi connectivity index (χ3v) is 23.2. The van der Waals surface area contributed by atoms with Crippen molar-refractivity contribution in [2.75, 3.05) is 0 Å². The zero-order chi connectivity index (χ0) is 75.9. The molecule has 0 amide bonds. The Kier molecular flexibility index (Phi) is 16.0. The van der Waals surface area contributed by atoms with Crippen molar-refractivity contribution in [3.63, 3.8) is 0 Å². The maximum absolute atomic E-state index is 7.82. The van der Waals surface area contributed by atoms with Crippen molar-refractivity contribution in [2.45, 2.75) is 10.8 Å². The van der Waals surface area contributed by atoms with Crippen LogP contribution in [0.5, 0.6) is 0 Å². The van der Waals surface area contributed by atoms with Gasteiger partial charge in [0.1, 0.15) is 0 Å². The molecule has 0 unspecified atom stereocenters. The van der Waals surface area contributed by atoms with E-state index in [1.807, 2.05) is 84.9 Å². The summed E-state index contributed by atoms with van der Waals surface area (Å²) < 4.78 is 0. The Morgan fingerprint density at radius 1 is 0.158 bits per heavy atom. The SMILES string of the molecule is [C-]#[N+]c1ccc2c(c1)-c1ccc(-c3ccc(-c4nc(-c5ccccc5)nc(-c5ccc(-c6ccccc6)cc5)n4)cc3)cc1C21c2ccccc2-c2ccccc21.[C-]#[N+]c1ccc2c(c1)-c1ccc(-c3ccc(-c4nc(-c5ccccc5)nc(-c5cccc(-c6ccccc6)c5)n4)cc3)cc1C21c2ccccc2-c2ccccc21. The van der Waals surface area contributed by atoms with Crippen LogP contribution >= 0.6 is 0 Å². The van der Waals surface area contributed by atoms with Gasteiger partial charge in [-0.3, -0.25) is 0 Å². The molecule has 0 radical (unpaired) electrons. The molecule has 0 N–H and O–H groups in total. The Hall–Kier alpha value is -15.5. The molecule has 2 spiro atoms. The fourth-order valence-electron chi connectivity index (χ4n) is 18.0. The molecule has 0 atom stereocenters. The second kappa shape index (κ2) is 27.3. The number of benzene rings is 16. The van der Waals surface area contributed by atoms with Gasteiger partial charge in [0.05, 0.1) is 24.0 Å². The maximum atomic E-state index is 7.82. The van der Waals surface area contributed by atoms with Crippen molar-refractivity contribution in [2.24, 2.45) is 0 Å². The van der Waals surface area contributed by atoms with Crippen molar-refractivity contribution in [1.82, 2.24) is 29.9 Å². The van der Waals surface area contributed by atoms with Crippen molar-refractivity contribution in [3.8, 4) is 157 Å². The standard InChI is InChI=1S/2C53H32N4/c1-54-41-28-30-48-45(33-41)44-29-27-39(32-49(44)53(48)46-21-10-8-19-42(46)43-20-9-11-22-47(43)53)35-23-25-37(26-24-35)51-55-50(36-15-6-3-7-16-36)56-52(57-51)40-18-12-17-38(31-40)34-13-4-2-5-14-34;1-54-41-29-31-48-45(33-41)44-30-28-40(32-49(44)53(48)46-18-10-8-16-42(46)43-17-9-11-19-47(43)53)36-22-26-39(27-23-36)52-56-50(37-14-6-3-7-15-37)55-51(57-52)38-24-20-35(21-25-38)34-12-4-2-5-13-34/h2*2-33H. The highest BCUT2D eigenvalue weighted by atomic mass is 15.0. The molecule has 0 bridgehead atoms. The van der Waals surface area contributed by atoms with Gasteiger partial charge in [0, 0.05) is 33.4 Å². The summed E-state index contributed by atoms with van der Waals surface area (Å²) >= 11 is 0. The molecule has 18 aromatic rings. The summed E-state index contributed by atoms with van der Waals surface area (Å²) in [5.74, 6) is 3.76. The molecule has 0 saturated carbocycles. The van der Waals surface area contributed by atoms with Crippen molar-refractivity contribution >= 4 is 11.4 Å².